The molecule has 0 aliphatic rings. The summed E-state index contributed by atoms with van der Waals surface area (Å²) in [6.45, 7) is 0. The second-order valence-electron chi connectivity index (χ2n) is 3.35. The predicted molar refractivity (Wildman–Crippen MR) is 59.0 cm³/mol. The largest absolute Gasteiger partial charge is 0.433 e. The Morgan fingerprint density at radius 1 is 1.11 bits per heavy atom. The van der Waals surface area contributed by atoms with Gasteiger partial charge in [0.15, 0.2) is 0 Å². The summed E-state index contributed by atoms with van der Waals surface area (Å²) < 4.78 is 37.3. The number of halogens is 3. The average Bonchev–Trinajstić information content (AvgIpc) is 2.28. The predicted octanol–water partition coefficient (Wildman–Crippen LogP) is 2.22. The quantitative estimate of drug-likeness (QED) is 0.860. The number of aromatic nitrogens is 3. The molecule has 94 valence electrons. The van der Waals surface area contributed by atoms with Crippen LogP contribution < -0.4 is 11.1 Å². The summed E-state index contributed by atoms with van der Waals surface area (Å²) in [5, 5.41) is 2.69. The summed E-state index contributed by atoms with van der Waals surface area (Å²) in [5.74, 6) is 0.340. The number of pyridine rings is 1. The van der Waals surface area contributed by atoms with E-state index >= 15 is 0 Å². The lowest BCUT2D eigenvalue weighted by Crippen LogP contribution is -2.08. The average molecular weight is 255 g/mol. The first-order chi connectivity index (χ1) is 8.45. The van der Waals surface area contributed by atoms with E-state index in [1.807, 2.05) is 0 Å². The third kappa shape index (κ3) is 2.84. The molecule has 0 saturated heterocycles. The van der Waals surface area contributed by atoms with E-state index in [0.717, 1.165) is 12.3 Å². The van der Waals surface area contributed by atoms with Crippen molar-refractivity contribution in [3.05, 3.63) is 36.3 Å². The molecule has 0 spiro atoms. The van der Waals surface area contributed by atoms with Crippen LogP contribution in [0.2, 0.25) is 0 Å². The second kappa shape index (κ2) is 4.47. The van der Waals surface area contributed by atoms with E-state index in [4.69, 9.17) is 5.73 Å². The van der Waals surface area contributed by atoms with Crippen molar-refractivity contribution < 1.29 is 13.2 Å². The number of anilines is 3. The van der Waals surface area contributed by atoms with Crippen LogP contribution in [0, 0.1) is 0 Å². The summed E-state index contributed by atoms with van der Waals surface area (Å²) >= 11 is 0. The third-order valence-electron chi connectivity index (χ3n) is 2.00. The molecule has 0 saturated carbocycles. The molecule has 2 rings (SSSR count). The molecule has 5 nitrogen and oxygen atoms in total. The van der Waals surface area contributed by atoms with Gasteiger partial charge in [-0.05, 0) is 18.2 Å². The standard InChI is InChI=1S/C10H8F3N5/c11-10(12,13)7-5-6(1-3-15-7)17-8-2-4-16-9(14)18-8/h1-5H,(H3,14,15,16,17,18). The molecule has 0 aromatic carbocycles. The number of hydrogen-bond donors (Lipinski definition) is 2. The Morgan fingerprint density at radius 2 is 1.83 bits per heavy atom. The number of alkyl halides is 3. The molecule has 18 heavy (non-hydrogen) atoms. The first-order valence-corrected chi connectivity index (χ1v) is 4.84. The van der Waals surface area contributed by atoms with Crippen molar-refractivity contribution in [3.63, 3.8) is 0 Å². The zero-order valence-electron chi connectivity index (χ0n) is 8.94. The molecule has 0 aliphatic heterocycles. The maximum atomic E-state index is 12.4. The SMILES string of the molecule is Nc1nccc(Nc2ccnc(C(F)(F)F)c2)n1. The Balaban J connectivity index is 2.25. The van der Waals surface area contributed by atoms with Gasteiger partial charge in [-0.3, -0.25) is 4.98 Å². The minimum Gasteiger partial charge on any atom is -0.368 e. The minimum atomic E-state index is -4.48. The molecule has 0 aliphatic carbocycles. The van der Waals surface area contributed by atoms with Gasteiger partial charge >= 0.3 is 6.18 Å². The molecule has 0 fully saturated rings. The highest BCUT2D eigenvalue weighted by molar-refractivity contribution is 5.56. The first-order valence-electron chi connectivity index (χ1n) is 4.84. The van der Waals surface area contributed by atoms with Crippen molar-refractivity contribution in [3.8, 4) is 0 Å². The number of hydrogen-bond acceptors (Lipinski definition) is 5. The number of nitrogens with one attached hydrogen (secondary N) is 1. The van der Waals surface area contributed by atoms with Gasteiger partial charge in [-0.2, -0.15) is 18.2 Å². The summed E-state index contributed by atoms with van der Waals surface area (Å²) in [6, 6.07) is 3.77. The van der Waals surface area contributed by atoms with Crippen molar-refractivity contribution in [1.82, 2.24) is 15.0 Å². The number of nitrogens with zero attached hydrogens (tertiary/aromatic N) is 3. The molecule has 0 atom stereocenters. The molecular weight excluding hydrogens is 247 g/mol. The number of rotatable bonds is 2. The minimum absolute atomic E-state index is 0.0325. The summed E-state index contributed by atoms with van der Waals surface area (Å²) in [5.41, 5.74) is 4.60. The van der Waals surface area contributed by atoms with Gasteiger partial charge in [-0.15, -0.1) is 0 Å². The molecule has 0 radical (unpaired) electrons. The van der Waals surface area contributed by atoms with Crippen LogP contribution in [-0.2, 0) is 6.18 Å². The molecule has 0 bridgehead atoms. The molecule has 0 unspecified atom stereocenters. The Morgan fingerprint density at radius 3 is 2.50 bits per heavy atom. The van der Waals surface area contributed by atoms with Crippen molar-refractivity contribution in [1.29, 1.82) is 0 Å². The van der Waals surface area contributed by atoms with E-state index in [1.165, 1.54) is 18.3 Å². The maximum Gasteiger partial charge on any atom is 0.433 e. The van der Waals surface area contributed by atoms with Crippen molar-refractivity contribution in [2.45, 2.75) is 6.18 Å². The number of nitrogen functional groups attached to an aromatic ring is 1. The smallest absolute Gasteiger partial charge is 0.368 e. The Bertz CT molecular complexity index is 555. The van der Waals surface area contributed by atoms with E-state index in [2.05, 4.69) is 20.3 Å². The number of nitrogens with two attached hydrogens (primary N) is 1. The fourth-order valence-electron chi connectivity index (χ4n) is 1.25. The third-order valence-corrected chi connectivity index (χ3v) is 2.00. The molecule has 2 aromatic rings. The van der Waals surface area contributed by atoms with Gasteiger partial charge in [0.2, 0.25) is 5.95 Å². The summed E-state index contributed by atoms with van der Waals surface area (Å²) in [7, 11) is 0. The lowest BCUT2D eigenvalue weighted by Gasteiger charge is -2.09. The highest BCUT2D eigenvalue weighted by atomic mass is 19.4. The maximum absolute atomic E-state index is 12.4. The summed E-state index contributed by atoms with van der Waals surface area (Å²) in [6.07, 6.45) is -2.02. The Kier molecular flexibility index (Phi) is 3.00. The molecule has 0 amide bonds. The molecular formula is C10H8F3N5. The van der Waals surface area contributed by atoms with Crippen LogP contribution in [0.5, 0.6) is 0 Å². The van der Waals surface area contributed by atoms with Gasteiger partial charge in [0.1, 0.15) is 11.5 Å². The lowest BCUT2D eigenvalue weighted by molar-refractivity contribution is -0.141. The van der Waals surface area contributed by atoms with Crippen LogP contribution in [0.15, 0.2) is 30.6 Å². The van der Waals surface area contributed by atoms with Crippen molar-refractivity contribution >= 4 is 17.5 Å². The molecule has 8 heteroatoms. The fraction of sp³-hybridized carbons (Fsp3) is 0.100. The van der Waals surface area contributed by atoms with Crippen LogP contribution in [-0.4, -0.2) is 15.0 Å². The normalized spacial score (nSPS) is 11.3. The van der Waals surface area contributed by atoms with Crippen LogP contribution in [0.25, 0.3) is 0 Å². The van der Waals surface area contributed by atoms with E-state index in [-0.39, 0.29) is 11.6 Å². The zero-order valence-corrected chi connectivity index (χ0v) is 8.94. The first kappa shape index (κ1) is 12.1. The molecule has 3 N–H and O–H groups in total. The summed E-state index contributed by atoms with van der Waals surface area (Å²) in [4.78, 5) is 10.7. The van der Waals surface area contributed by atoms with Crippen molar-refractivity contribution in [2.24, 2.45) is 0 Å². The Labute approximate surface area is 99.9 Å². The van der Waals surface area contributed by atoms with Crippen LogP contribution in [0.4, 0.5) is 30.6 Å². The van der Waals surface area contributed by atoms with Gasteiger partial charge in [0.05, 0.1) is 0 Å². The van der Waals surface area contributed by atoms with Gasteiger partial charge in [-0.25, -0.2) is 4.98 Å². The molecule has 2 heterocycles. The van der Waals surface area contributed by atoms with E-state index in [0.29, 0.717) is 5.82 Å². The van der Waals surface area contributed by atoms with Gasteiger partial charge < -0.3 is 11.1 Å². The fourth-order valence-corrected chi connectivity index (χ4v) is 1.25. The highest BCUT2D eigenvalue weighted by Gasteiger charge is 2.32. The van der Waals surface area contributed by atoms with E-state index < -0.39 is 11.9 Å². The molecule has 2 aromatic heterocycles. The monoisotopic (exact) mass is 255 g/mol. The van der Waals surface area contributed by atoms with Crippen molar-refractivity contribution in [2.75, 3.05) is 11.1 Å². The van der Waals surface area contributed by atoms with Crippen LogP contribution >= 0.6 is 0 Å². The Hall–Kier alpha value is -2.38. The second-order valence-corrected chi connectivity index (χ2v) is 3.35. The van der Waals surface area contributed by atoms with Gasteiger partial charge in [0.25, 0.3) is 0 Å². The lowest BCUT2D eigenvalue weighted by atomic mass is 10.3. The van der Waals surface area contributed by atoms with Crippen LogP contribution in [0.1, 0.15) is 5.69 Å². The van der Waals surface area contributed by atoms with E-state index in [9.17, 15) is 13.2 Å². The van der Waals surface area contributed by atoms with Gasteiger partial charge in [0, 0.05) is 18.1 Å². The van der Waals surface area contributed by atoms with Crippen LogP contribution in [0.3, 0.4) is 0 Å². The van der Waals surface area contributed by atoms with Gasteiger partial charge in [-0.1, -0.05) is 0 Å². The highest BCUT2D eigenvalue weighted by Crippen LogP contribution is 2.29. The zero-order chi connectivity index (χ0) is 13.2. The topological polar surface area (TPSA) is 76.7 Å². The van der Waals surface area contributed by atoms with E-state index in [1.54, 1.807) is 0 Å².